The molecule has 0 fully saturated rings. The lowest BCUT2D eigenvalue weighted by Gasteiger charge is -2.08. The van der Waals surface area contributed by atoms with Crippen LogP contribution in [0.3, 0.4) is 0 Å². The van der Waals surface area contributed by atoms with Crippen molar-refractivity contribution in [2.45, 2.75) is 12.8 Å². The number of halogens is 1. The third-order valence-corrected chi connectivity index (χ3v) is 3.55. The summed E-state index contributed by atoms with van der Waals surface area (Å²) in [4.78, 5) is 35.3. The lowest BCUT2D eigenvalue weighted by atomic mass is 10.1. The van der Waals surface area contributed by atoms with Gasteiger partial charge in [-0.15, -0.1) is 0 Å². The summed E-state index contributed by atoms with van der Waals surface area (Å²) in [5.74, 6) is -1.22. The summed E-state index contributed by atoms with van der Waals surface area (Å²) < 4.78 is 0. The van der Waals surface area contributed by atoms with Gasteiger partial charge >= 0.3 is 0 Å². The van der Waals surface area contributed by atoms with Crippen molar-refractivity contribution in [1.29, 1.82) is 0 Å². The number of rotatable bonds is 6. The summed E-state index contributed by atoms with van der Waals surface area (Å²) >= 11 is 5.95. The zero-order chi connectivity index (χ0) is 16.8. The van der Waals surface area contributed by atoms with Gasteiger partial charge in [0.1, 0.15) is 0 Å². The van der Waals surface area contributed by atoms with Crippen LogP contribution in [0.5, 0.6) is 0 Å². The van der Waals surface area contributed by atoms with Gasteiger partial charge < -0.3 is 11.1 Å². The summed E-state index contributed by atoms with van der Waals surface area (Å²) in [6.07, 6.45) is 0.00541. The molecule has 23 heavy (non-hydrogen) atoms. The number of hydrogen-bond donors (Lipinski definition) is 2. The zero-order valence-corrected chi connectivity index (χ0v) is 13.0. The zero-order valence-electron chi connectivity index (χ0n) is 12.2. The predicted octanol–water partition coefficient (Wildman–Crippen LogP) is 3.04. The molecule has 0 unspecified atom stereocenters. The average molecular weight is 331 g/mol. The molecule has 0 aliphatic carbocycles. The first kappa shape index (κ1) is 16.7. The number of carbonyl (C=O) groups is 3. The minimum Gasteiger partial charge on any atom is -0.366 e. The second-order valence-corrected chi connectivity index (χ2v) is 5.27. The fourth-order valence-electron chi connectivity index (χ4n) is 2.07. The van der Waals surface area contributed by atoms with E-state index in [1.54, 1.807) is 42.5 Å². The van der Waals surface area contributed by atoms with Crippen LogP contribution in [0, 0.1) is 0 Å². The molecule has 2 aromatic carbocycles. The number of amides is 2. The molecule has 0 saturated carbocycles. The lowest BCUT2D eigenvalue weighted by molar-refractivity contribution is -0.116. The number of anilines is 1. The van der Waals surface area contributed by atoms with Gasteiger partial charge in [0.05, 0.1) is 16.3 Å². The van der Waals surface area contributed by atoms with E-state index in [4.69, 9.17) is 17.3 Å². The molecule has 0 aliphatic heterocycles. The van der Waals surface area contributed by atoms with E-state index in [0.29, 0.717) is 16.3 Å². The topological polar surface area (TPSA) is 89.3 Å². The number of Topliss-reactive ketones (excluding diaryl/α,β-unsaturated/α-hetero) is 1. The number of carbonyl (C=O) groups excluding carboxylic acids is 3. The molecule has 5 nitrogen and oxygen atoms in total. The Morgan fingerprint density at radius 3 is 2.17 bits per heavy atom. The highest BCUT2D eigenvalue weighted by Crippen LogP contribution is 2.18. The molecule has 0 aromatic heterocycles. The van der Waals surface area contributed by atoms with Gasteiger partial charge in [-0.1, -0.05) is 35.9 Å². The molecule has 0 atom stereocenters. The van der Waals surface area contributed by atoms with Gasteiger partial charge in [-0.3, -0.25) is 14.4 Å². The van der Waals surface area contributed by atoms with E-state index in [0.717, 1.165) is 0 Å². The summed E-state index contributed by atoms with van der Waals surface area (Å²) in [5.41, 5.74) is 6.18. The number of nitrogens with two attached hydrogens (primary N) is 1. The van der Waals surface area contributed by atoms with Crippen LogP contribution in [0.4, 0.5) is 5.69 Å². The number of nitrogens with one attached hydrogen (secondary N) is 1. The standard InChI is InChI=1S/C17H15ClN2O3/c18-13-7-3-1-5-11(13)15(21)9-10-16(22)20-14-8-4-2-6-12(14)17(19)23/h1-8H,9-10H2,(H2,19,23)(H,20,22). The molecule has 118 valence electrons. The molecule has 0 saturated heterocycles. The Labute approximate surface area is 138 Å². The first-order chi connectivity index (χ1) is 11.0. The van der Waals surface area contributed by atoms with Crippen molar-refractivity contribution in [1.82, 2.24) is 0 Å². The van der Waals surface area contributed by atoms with Gasteiger partial charge in [0.25, 0.3) is 5.91 Å². The SMILES string of the molecule is NC(=O)c1ccccc1NC(=O)CCC(=O)c1ccccc1Cl. The van der Waals surface area contributed by atoms with Gasteiger partial charge in [0, 0.05) is 18.4 Å². The smallest absolute Gasteiger partial charge is 0.250 e. The highest BCUT2D eigenvalue weighted by molar-refractivity contribution is 6.34. The second kappa shape index (κ2) is 7.56. The Morgan fingerprint density at radius 2 is 1.52 bits per heavy atom. The van der Waals surface area contributed by atoms with Crippen LogP contribution in [0.25, 0.3) is 0 Å². The maximum absolute atomic E-state index is 12.1. The Bertz CT molecular complexity index is 759. The molecule has 2 aromatic rings. The van der Waals surface area contributed by atoms with Crippen LogP contribution in [0.1, 0.15) is 33.6 Å². The van der Waals surface area contributed by atoms with Gasteiger partial charge in [-0.25, -0.2) is 0 Å². The summed E-state index contributed by atoms with van der Waals surface area (Å²) in [6, 6.07) is 13.1. The number of para-hydroxylation sites is 1. The van der Waals surface area contributed by atoms with Crippen molar-refractivity contribution < 1.29 is 14.4 Å². The largest absolute Gasteiger partial charge is 0.366 e. The number of ketones is 1. The van der Waals surface area contributed by atoms with Gasteiger partial charge in [0.15, 0.2) is 5.78 Å². The summed E-state index contributed by atoms with van der Waals surface area (Å²) in [5, 5.41) is 2.95. The van der Waals surface area contributed by atoms with E-state index in [1.807, 2.05) is 0 Å². The molecule has 2 rings (SSSR count). The molecule has 0 heterocycles. The average Bonchev–Trinajstić information content (AvgIpc) is 2.53. The van der Waals surface area contributed by atoms with Crippen LogP contribution >= 0.6 is 11.6 Å². The minimum absolute atomic E-state index is 0.0167. The lowest BCUT2D eigenvalue weighted by Crippen LogP contribution is -2.18. The van der Waals surface area contributed by atoms with E-state index >= 15 is 0 Å². The van der Waals surface area contributed by atoms with Crippen molar-refractivity contribution in [3.05, 3.63) is 64.7 Å². The van der Waals surface area contributed by atoms with E-state index in [1.165, 1.54) is 6.07 Å². The Kier molecular flexibility index (Phi) is 5.49. The molecule has 6 heteroatoms. The molecule has 0 aliphatic rings. The number of hydrogen-bond acceptors (Lipinski definition) is 3. The molecule has 2 amide bonds. The van der Waals surface area contributed by atoms with E-state index in [2.05, 4.69) is 5.32 Å². The molecular formula is C17H15ClN2O3. The van der Waals surface area contributed by atoms with E-state index in [9.17, 15) is 14.4 Å². The quantitative estimate of drug-likeness (QED) is 0.798. The highest BCUT2D eigenvalue weighted by Gasteiger charge is 2.14. The monoisotopic (exact) mass is 330 g/mol. The van der Waals surface area contributed by atoms with Crippen LogP contribution in [-0.2, 0) is 4.79 Å². The van der Waals surface area contributed by atoms with Crippen molar-refractivity contribution in [2.24, 2.45) is 5.73 Å². The third-order valence-electron chi connectivity index (χ3n) is 3.22. The van der Waals surface area contributed by atoms with E-state index in [-0.39, 0.29) is 30.1 Å². The maximum atomic E-state index is 12.1. The Balaban J connectivity index is 1.97. The first-order valence-corrected chi connectivity index (χ1v) is 7.33. The first-order valence-electron chi connectivity index (χ1n) is 6.95. The highest BCUT2D eigenvalue weighted by atomic mass is 35.5. The summed E-state index contributed by atoms with van der Waals surface area (Å²) in [6.45, 7) is 0. The Hall–Kier alpha value is -2.66. The van der Waals surface area contributed by atoms with Crippen LogP contribution in [-0.4, -0.2) is 17.6 Å². The molecule has 0 radical (unpaired) electrons. The predicted molar refractivity (Wildman–Crippen MR) is 88.6 cm³/mol. The minimum atomic E-state index is -0.631. The van der Waals surface area contributed by atoms with Crippen molar-refractivity contribution in [3.8, 4) is 0 Å². The van der Waals surface area contributed by atoms with Gasteiger partial charge in [-0.05, 0) is 24.3 Å². The number of primary amides is 1. The van der Waals surface area contributed by atoms with Crippen molar-refractivity contribution in [2.75, 3.05) is 5.32 Å². The van der Waals surface area contributed by atoms with Crippen molar-refractivity contribution in [3.63, 3.8) is 0 Å². The van der Waals surface area contributed by atoms with Gasteiger partial charge in [0.2, 0.25) is 5.91 Å². The second-order valence-electron chi connectivity index (χ2n) is 4.86. The fraction of sp³-hybridized carbons (Fsp3) is 0.118. The fourth-order valence-corrected chi connectivity index (χ4v) is 2.31. The normalized spacial score (nSPS) is 10.1. The molecule has 0 spiro atoms. The summed E-state index contributed by atoms with van der Waals surface area (Å²) in [7, 11) is 0. The van der Waals surface area contributed by atoms with Crippen LogP contribution in [0.2, 0.25) is 5.02 Å². The van der Waals surface area contributed by atoms with Crippen molar-refractivity contribution >= 4 is 34.9 Å². The number of benzene rings is 2. The van der Waals surface area contributed by atoms with Gasteiger partial charge in [-0.2, -0.15) is 0 Å². The van der Waals surface area contributed by atoms with Crippen LogP contribution in [0.15, 0.2) is 48.5 Å². The Morgan fingerprint density at radius 1 is 0.913 bits per heavy atom. The molecule has 3 N–H and O–H groups in total. The molecule has 0 bridgehead atoms. The van der Waals surface area contributed by atoms with E-state index < -0.39 is 5.91 Å². The molecular weight excluding hydrogens is 316 g/mol. The third kappa shape index (κ3) is 4.40. The maximum Gasteiger partial charge on any atom is 0.250 e. The van der Waals surface area contributed by atoms with Crippen LogP contribution < -0.4 is 11.1 Å².